The minimum atomic E-state index is -0.509. The van der Waals surface area contributed by atoms with Gasteiger partial charge in [0.15, 0.2) is 6.10 Å². The molecule has 1 aliphatic rings. The average molecular weight is 345 g/mol. The second-order valence-corrected chi connectivity index (χ2v) is 6.13. The van der Waals surface area contributed by atoms with E-state index >= 15 is 0 Å². The lowest BCUT2D eigenvalue weighted by atomic mass is 10.1. The molecule has 2 amide bonds. The van der Waals surface area contributed by atoms with E-state index in [0.717, 1.165) is 5.56 Å². The van der Waals surface area contributed by atoms with Gasteiger partial charge in [0.1, 0.15) is 5.75 Å². The van der Waals surface area contributed by atoms with E-state index < -0.39 is 6.10 Å². The molecule has 0 bridgehead atoms. The minimum absolute atomic E-state index is 0.120. The molecule has 0 radical (unpaired) electrons. The highest BCUT2D eigenvalue weighted by Crippen LogP contribution is 2.35. The van der Waals surface area contributed by atoms with Crippen LogP contribution < -0.4 is 15.0 Å². The molecule has 3 rings (SSSR count). The topological polar surface area (TPSA) is 58.6 Å². The van der Waals surface area contributed by atoms with E-state index in [9.17, 15) is 9.59 Å². The maximum Gasteiger partial charge on any atom is 0.267 e. The number of benzene rings is 2. The van der Waals surface area contributed by atoms with Gasteiger partial charge in [-0.2, -0.15) is 0 Å². The van der Waals surface area contributed by atoms with Crippen LogP contribution in [0, 0.1) is 0 Å². The van der Waals surface area contributed by atoms with Gasteiger partial charge in [-0.3, -0.25) is 9.59 Å². The summed E-state index contributed by atoms with van der Waals surface area (Å²) in [6.45, 7) is 1.71. The number of carbonyl (C=O) groups excluding carboxylic acids is 2. The van der Waals surface area contributed by atoms with Crippen molar-refractivity contribution in [3.63, 3.8) is 0 Å². The van der Waals surface area contributed by atoms with Gasteiger partial charge in [-0.1, -0.05) is 23.7 Å². The van der Waals surface area contributed by atoms with Crippen molar-refractivity contribution in [3.05, 3.63) is 53.1 Å². The van der Waals surface area contributed by atoms with E-state index in [1.165, 1.54) is 4.90 Å². The Hall–Kier alpha value is -2.53. The van der Waals surface area contributed by atoms with Gasteiger partial charge in [-0.15, -0.1) is 0 Å². The normalized spacial score (nSPS) is 16.4. The monoisotopic (exact) mass is 344 g/mol. The van der Waals surface area contributed by atoms with Crippen molar-refractivity contribution in [2.75, 3.05) is 17.3 Å². The number of rotatable bonds is 3. The Bertz CT molecular complexity index is 807. The third-order valence-corrected chi connectivity index (χ3v) is 4.07. The lowest BCUT2D eigenvalue weighted by molar-refractivity contribution is -0.125. The SMILES string of the molecule is CC1Oc2ccc(NC(=O)Cc3cccc(Cl)c3)cc2N(C)C1=O. The van der Waals surface area contributed by atoms with Crippen LogP contribution in [0.15, 0.2) is 42.5 Å². The standard InChI is InChI=1S/C18H17ClN2O3/c1-11-18(23)21(2)15-10-14(6-7-16(15)24-11)20-17(22)9-12-4-3-5-13(19)8-12/h3-8,10-11H,9H2,1-2H3,(H,20,22). The smallest absolute Gasteiger partial charge is 0.267 e. The number of hydrogen-bond acceptors (Lipinski definition) is 3. The largest absolute Gasteiger partial charge is 0.479 e. The zero-order valence-electron chi connectivity index (χ0n) is 13.4. The van der Waals surface area contributed by atoms with Gasteiger partial charge in [0.05, 0.1) is 12.1 Å². The highest BCUT2D eigenvalue weighted by Gasteiger charge is 2.29. The van der Waals surface area contributed by atoms with Crippen molar-refractivity contribution in [3.8, 4) is 5.75 Å². The van der Waals surface area contributed by atoms with Crippen LogP contribution in [0.3, 0.4) is 0 Å². The predicted octanol–water partition coefficient (Wildman–Crippen LogP) is 3.26. The molecule has 2 aromatic carbocycles. The van der Waals surface area contributed by atoms with Crippen molar-refractivity contribution in [1.82, 2.24) is 0 Å². The highest BCUT2D eigenvalue weighted by atomic mass is 35.5. The van der Waals surface area contributed by atoms with Gasteiger partial charge in [0.2, 0.25) is 5.91 Å². The molecule has 0 saturated heterocycles. The lowest BCUT2D eigenvalue weighted by Gasteiger charge is -2.30. The zero-order valence-corrected chi connectivity index (χ0v) is 14.1. The van der Waals surface area contributed by atoms with Gasteiger partial charge < -0.3 is 15.0 Å². The summed E-state index contributed by atoms with van der Waals surface area (Å²) >= 11 is 5.93. The van der Waals surface area contributed by atoms with E-state index in [4.69, 9.17) is 16.3 Å². The van der Waals surface area contributed by atoms with E-state index in [2.05, 4.69) is 5.32 Å². The van der Waals surface area contributed by atoms with Crippen LogP contribution in [0.2, 0.25) is 5.02 Å². The van der Waals surface area contributed by atoms with Crippen LogP contribution in [0.1, 0.15) is 12.5 Å². The molecule has 24 heavy (non-hydrogen) atoms. The van der Waals surface area contributed by atoms with E-state index in [1.807, 2.05) is 12.1 Å². The molecule has 124 valence electrons. The molecule has 1 heterocycles. The third kappa shape index (κ3) is 3.36. The molecule has 0 saturated carbocycles. The summed E-state index contributed by atoms with van der Waals surface area (Å²) in [5, 5.41) is 3.43. The van der Waals surface area contributed by atoms with Crippen molar-refractivity contribution in [1.29, 1.82) is 0 Å². The number of nitrogens with one attached hydrogen (secondary N) is 1. The summed E-state index contributed by atoms with van der Waals surface area (Å²) in [5.41, 5.74) is 2.08. The number of hydrogen-bond donors (Lipinski definition) is 1. The van der Waals surface area contributed by atoms with Crippen molar-refractivity contribution >= 4 is 34.8 Å². The maximum atomic E-state index is 12.2. The van der Waals surface area contributed by atoms with Gasteiger partial charge in [0, 0.05) is 17.8 Å². The van der Waals surface area contributed by atoms with Crippen LogP contribution in [0.5, 0.6) is 5.75 Å². The van der Waals surface area contributed by atoms with E-state index in [0.29, 0.717) is 22.1 Å². The van der Waals surface area contributed by atoms with Gasteiger partial charge in [0.25, 0.3) is 5.91 Å². The Kier molecular flexibility index (Phi) is 4.44. The summed E-state index contributed by atoms with van der Waals surface area (Å²) < 4.78 is 5.56. The Labute approximate surface area is 145 Å². The third-order valence-electron chi connectivity index (χ3n) is 3.84. The number of anilines is 2. The number of amides is 2. The first-order valence-electron chi connectivity index (χ1n) is 7.56. The molecule has 0 fully saturated rings. The summed E-state index contributed by atoms with van der Waals surface area (Å²) in [6, 6.07) is 12.4. The Morgan fingerprint density at radius 3 is 2.83 bits per heavy atom. The molecule has 1 N–H and O–H groups in total. The van der Waals surface area contributed by atoms with Crippen LogP contribution in [-0.4, -0.2) is 25.0 Å². The van der Waals surface area contributed by atoms with Gasteiger partial charge in [-0.25, -0.2) is 0 Å². The fourth-order valence-electron chi connectivity index (χ4n) is 2.63. The second-order valence-electron chi connectivity index (χ2n) is 5.69. The van der Waals surface area contributed by atoms with Crippen molar-refractivity contribution in [2.24, 2.45) is 0 Å². The fraction of sp³-hybridized carbons (Fsp3) is 0.222. The fourth-order valence-corrected chi connectivity index (χ4v) is 2.84. The second kappa shape index (κ2) is 6.53. The molecule has 0 aliphatic carbocycles. The first-order valence-corrected chi connectivity index (χ1v) is 7.94. The highest BCUT2D eigenvalue weighted by molar-refractivity contribution is 6.30. The van der Waals surface area contributed by atoms with Gasteiger partial charge >= 0.3 is 0 Å². The Balaban J connectivity index is 1.74. The Morgan fingerprint density at radius 2 is 2.08 bits per heavy atom. The molecule has 0 spiro atoms. The molecule has 1 atom stereocenters. The average Bonchev–Trinajstić information content (AvgIpc) is 2.53. The molecule has 0 aromatic heterocycles. The summed E-state index contributed by atoms with van der Waals surface area (Å²) in [4.78, 5) is 25.7. The molecular weight excluding hydrogens is 328 g/mol. The van der Waals surface area contributed by atoms with Crippen LogP contribution in [-0.2, 0) is 16.0 Å². The van der Waals surface area contributed by atoms with Crippen LogP contribution in [0.25, 0.3) is 0 Å². The molecule has 5 nitrogen and oxygen atoms in total. The number of halogens is 1. The minimum Gasteiger partial charge on any atom is -0.479 e. The number of likely N-dealkylation sites (N-methyl/N-ethyl adjacent to an activating group) is 1. The summed E-state index contributed by atoms with van der Waals surface area (Å²) in [6.07, 6.45) is -0.286. The van der Waals surface area contributed by atoms with Crippen LogP contribution in [0.4, 0.5) is 11.4 Å². The number of carbonyl (C=O) groups is 2. The Morgan fingerprint density at radius 1 is 1.29 bits per heavy atom. The van der Waals surface area contributed by atoms with Crippen molar-refractivity contribution < 1.29 is 14.3 Å². The maximum absolute atomic E-state index is 12.2. The van der Waals surface area contributed by atoms with Crippen molar-refractivity contribution in [2.45, 2.75) is 19.4 Å². The van der Waals surface area contributed by atoms with Crippen LogP contribution >= 0.6 is 11.6 Å². The van der Waals surface area contributed by atoms with Gasteiger partial charge in [-0.05, 0) is 42.8 Å². The first kappa shape index (κ1) is 16.3. The molecule has 1 unspecified atom stereocenters. The predicted molar refractivity (Wildman–Crippen MR) is 93.7 cm³/mol. The molecule has 6 heteroatoms. The lowest BCUT2D eigenvalue weighted by Crippen LogP contribution is -2.42. The summed E-state index contributed by atoms with van der Waals surface area (Å²) in [7, 11) is 1.69. The summed E-state index contributed by atoms with van der Waals surface area (Å²) in [5.74, 6) is 0.346. The molecule has 1 aliphatic heterocycles. The number of nitrogens with zero attached hydrogens (tertiary/aromatic N) is 1. The number of fused-ring (bicyclic) bond motifs is 1. The first-order chi connectivity index (χ1) is 11.4. The number of ether oxygens (including phenoxy) is 1. The zero-order chi connectivity index (χ0) is 17.3. The van der Waals surface area contributed by atoms with E-state index in [1.54, 1.807) is 44.3 Å². The van der Waals surface area contributed by atoms with E-state index in [-0.39, 0.29) is 18.2 Å². The molecular formula is C18H17ClN2O3. The molecule has 2 aromatic rings. The quantitative estimate of drug-likeness (QED) is 0.929.